The smallest absolute Gasteiger partial charge is 0.255 e. The monoisotopic (exact) mass is 1600 g/mol. The van der Waals surface area contributed by atoms with Gasteiger partial charge < -0.3 is 33.3 Å². The molecule has 0 spiro atoms. The normalized spacial score (nSPS) is 19.0. The summed E-state index contributed by atoms with van der Waals surface area (Å²) in [4.78, 5) is 163. The first-order valence-electron chi connectivity index (χ1n) is 34.6. The molecule has 0 radical (unpaired) electrons. The van der Waals surface area contributed by atoms with Gasteiger partial charge in [-0.15, -0.1) is 6.42 Å². The maximum atomic E-state index is 12.8. The standard InChI is InChI=1S/C23H20N4O3.C21H19IN4O3.C21H20N4O3.C13H11BrN2O3/c1-2-17-13-26(15-24-17)12-5-3-4-7-16-8-6-9-18-19(16)14-27(23(18)30)20-10-11-21(28)25-22(20)29;22-18-12-25(13-23-18)10-3-1-2-5-14-6-4-7-15-16(14)11-26(21(15)29)17-8-9-19(27)24-20(17)28;26-19-9-8-18(20(27)23-19)25-13-17-15(6-4-7-16(17)21(25)28)5-2-1-3-11-24-12-10-22-14-24;14-9-3-1-2-7-8(9)6-16(13(7)19)10-4-5-11(17)15-12(10)18/h1,6,8-9,13,15,20H,3,5,10-12,14H2,(H,25,28,29);4,6-7,12-13,17H,1,3,8-11H2,(H,24,27,28);4,6-7,10,12,14,18H,1,3,8-9,11,13H2,(H,23,26,27);1-3,10H,4-6H2,(H,15,17,18). The molecule has 26 nitrogen and oxygen atoms in total. The number of fused-ring (bicyclic) bond motifs is 4. The zero-order valence-corrected chi connectivity index (χ0v) is 61.1. The lowest BCUT2D eigenvalue weighted by Crippen LogP contribution is -2.52. The number of terminal acetylenes is 1. The third kappa shape index (κ3) is 17.3. The van der Waals surface area contributed by atoms with E-state index >= 15 is 0 Å². The summed E-state index contributed by atoms with van der Waals surface area (Å²) in [6.07, 6.45) is 25.4. The topological polar surface area (TPSA) is 319 Å². The fourth-order valence-corrected chi connectivity index (χ4v) is 14.6. The van der Waals surface area contributed by atoms with Crippen molar-refractivity contribution in [1.29, 1.82) is 0 Å². The van der Waals surface area contributed by atoms with Crippen LogP contribution in [0.4, 0.5) is 0 Å². The Morgan fingerprint density at radius 2 is 0.792 bits per heavy atom. The Morgan fingerprint density at radius 3 is 1.12 bits per heavy atom. The molecule has 4 atom stereocenters. The van der Waals surface area contributed by atoms with Gasteiger partial charge in [0.1, 0.15) is 33.6 Å². The first-order chi connectivity index (χ1) is 51.3. The van der Waals surface area contributed by atoms with Crippen molar-refractivity contribution in [3.05, 3.63) is 192 Å². The third-order valence-corrected chi connectivity index (χ3v) is 20.3. The van der Waals surface area contributed by atoms with Gasteiger partial charge in [0, 0.05) is 159 Å². The number of aryl methyl sites for hydroxylation is 3. The molecule has 4 saturated heterocycles. The van der Waals surface area contributed by atoms with E-state index in [4.69, 9.17) is 6.42 Å². The minimum Gasteiger partial charge on any atom is -0.337 e. The van der Waals surface area contributed by atoms with Crippen LogP contribution < -0.4 is 21.3 Å². The molecule has 538 valence electrons. The number of hydrogen-bond donors (Lipinski definition) is 4. The summed E-state index contributed by atoms with van der Waals surface area (Å²) in [5, 5.41) is 9.25. The first kappa shape index (κ1) is 74.1. The molecule has 0 aliphatic carbocycles. The van der Waals surface area contributed by atoms with Crippen LogP contribution in [0.2, 0.25) is 0 Å². The SMILES string of the molecule is C#Cc1cn(CCCC#Cc2cccc3c2CN(C2CCC(=O)NC2=O)C3=O)cn1.O=C1CCC(N2Cc3c(Br)cccc3C2=O)C(=O)N1.O=C1CCC(N2Cc3c(C#CCCCn4ccnc4)cccc3C2=O)C(=O)N1.O=C1CCC(N2Cc3c(C#CCCCn4cnc(I)c4)cccc3C2=O)C(=O)N1. The zero-order chi connectivity index (χ0) is 74.5. The minimum atomic E-state index is -0.619. The van der Waals surface area contributed by atoms with Gasteiger partial charge in [0.05, 0.1) is 19.0 Å². The first-order valence-corrected chi connectivity index (χ1v) is 36.5. The Balaban J connectivity index is 0.000000134. The molecule has 0 bridgehead atoms. The van der Waals surface area contributed by atoms with Gasteiger partial charge in [-0.1, -0.05) is 75.7 Å². The number of imide groups is 4. The number of aromatic nitrogens is 6. The number of carbonyl (C=O) groups is 12. The number of nitrogens with zero attached hydrogens (tertiary/aromatic N) is 10. The number of nitrogens with one attached hydrogen (secondary N) is 4. The maximum absolute atomic E-state index is 12.8. The number of carbonyl (C=O) groups excluding carboxylic acids is 12. The summed E-state index contributed by atoms with van der Waals surface area (Å²) < 4.78 is 7.83. The molecule has 11 heterocycles. The summed E-state index contributed by atoms with van der Waals surface area (Å²) in [5.74, 6) is 18.2. The number of hydrogen-bond acceptors (Lipinski definition) is 15. The van der Waals surface area contributed by atoms with Crippen LogP contribution in [0.3, 0.4) is 0 Å². The van der Waals surface area contributed by atoms with Gasteiger partial charge in [0.15, 0.2) is 0 Å². The molecular weight excluding hydrogens is 1530 g/mol. The quantitative estimate of drug-likeness (QED) is 0.0431. The molecule has 4 N–H and O–H groups in total. The molecule has 4 unspecified atom stereocenters. The highest BCUT2D eigenvalue weighted by atomic mass is 127. The van der Waals surface area contributed by atoms with Crippen LogP contribution in [0.5, 0.6) is 0 Å². The molecule has 8 aliphatic heterocycles. The Kier molecular flexibility index (Phi) is 23.7. The molecule has 3 aromatic heterocycles. The van der Waals surface area contributed by atoms with Gasteiger partial charge in [-0.2, -0.15) is 0 Å². The Labute approximate surface area is 631 Å². The number of rotatable bonds is 13. The zero-order valence-electron chi connectivity index (χ0n) is 57.3. The maximum Gasteiger partial charge on any atom is 0.255 e. The van der Waals surface area contributed by atoms with Gasteiger partial charge in [0.2, 0.25) is 47.3 Å². The van der Waals surface area contributed by atoms with E-state index in [9.17, 15) is 57.5 Å². The second-order valence-electron chi connectivity index (χ2n) is 26.0. The largest absolute Gasteiger partial charge is 0.337 e. The van der Waals surface area contributed by atoms with Gasteiger partial charge in [-0.3, -0.25) is 78.8 Å². The predicted octanol–water partition coefficient (Wildman–Crippen LogP) is 6.22. The molecule has 4 fully saturated rings. The van der Waals surface area contributed by atoms with E-state index in [2.05, 4.69) is 116 Å². The van der Waals surface area contributed by atoms with Crippen molar-refractivity contribution in [2.75, 3.05) is 0 Å². The second-order valence-corrected chi connectivity index (χ2v) is 27.9. The molecule has 15 rings (SSSR count). The van der Waals surface area contributed by atoms with Crippen LogP contribution in [-0.4, -0.2) is 143 Å². The van der Waals surface area contributed by atoms with Gasteiger partial charge in [0.25, 0.3) is 23.6 Å². The van der Waals surface area contributed by atoms with Crippen molar-refractivity contribution in [1.82, 2.24) is 69.5 Å². The van der Waals surface area contributed by atoms with Crippen molar-refractivity contribution in [2.24, 2.45) is 0 Å². The predicted molar refractivity (Wildman–Crippen MR) is 393 cm³/mol. The molecule has 4 aromatic carbocycles. The van der Waals surface area contributed by atoms with Crippen LogP contribution in [0.25, 0.3) is 0 Å². The van der Waals surface area contributed by atoms with Crippen molar-refractivity contribution < 1.29 is 57.5 Å². The number of amides is 12. The third-order valence-electron chi connectivity index (χ3n) is 19.0. The summed E-state index contributed by atoms with van der Waals surface area (Å²) in [7, 11) is 0. The summed E-state index contributed by atoms with van der Waals surface area (Å²) in [6.45, 7) is 3.93. The van der Waals surface area contributed by atoms with Crippen LogP contribution in [0, 0.1) is 51.6 Å². The van der Waals surface area contributed by atoms with Crippen LogP contribution in [0.1, 0.15) is 176 Å². The van der Waals surface area contributed by atoms with Gasteiger partial charge >= 0.3 is 0 Å². The Bertz CT molecular complexity index is 4980. The van der Waals surface area contributed by atoms with Crippen molar-refractivity contribution >= 4 is 109 Å². The fraction of sp³-hybridized carbons (Fsp3) is 0.321. The van der Waals surface area contributed by atoms with Crippen LogP contribution in [-0.2, 0) is 84.2 Å². The molecule has 12 amide bonds. The lowest BCUT2D eigenvalue weighted by Gasteiger charge is -2.29. The highest BCUT2D eigenvalue weighted by Gasteiger charge is 2.44. The summed E-state index contributed by atoms with van der Waals surface area (Å²) in [5.41, 5.74) is 8.91. The second kappa shape index (κ2) is 33.9. The number of benzene rings is 4. The van der Waals surface area contributed by atoms with E-state index < -0.39 is 41.9 Å². The number of imidazole rings is 3. The van der Waals surface area contributed by atoms with E-state index in [1.165, 1.54) is 4.90 Å². The number of piperidine rings is 4. The number of halogens is 2. The number of unbranched alkanes of at least 4 members (excludes halogenated alkanes) is 3. The van der Waals surface area contributed by atoms with Crippen LogP contribution in [0.15, 0.2) is 121 Å². The average Bonchev–Trinajstić information content (AvgIpc) is 1.65. The molecule has 8 aliphatic rings. The van der Waals surface area contributed by atoms with E-state index in [0.29, 0.717) is 86.2 Å². The van der Waals surface area contributed by atoms with E-state index in [1.807, 2.05) is 81.1 Å². The molecule has 28 heteroatoms. The van der Waals surface area contributed by atoms with Crippen molar-refractivity contribution in [3.8, 4) is 47.9 Å². The van der Waals surface area contributed by atoms with Gasteiger partial charge in [-0.05, 0) is 144 Å². The van der Waals surface area contributed by atoms with E-state index in [0.717, 1.165) is 98.9 Å². The molecule has 106 heavy (non-hydrogen) atoms. The highest BCUT2D eigenvalue weighted by Crippen LogP contribution is 2.35. The average molecular weight is 1600 g/mol. The van der Waals surface area contributed by atoms with Gasteiger partial charge in [-0.25, -0.2) is 15.0 Å². The van der Waals surface area contributed by atoms with E-state index in [1.54, 1.807) is 63.9 Å². The summed E-state index contributed by atoms with van der Waals surface area (Å²) >= 11 is 5.60. The lowest BCUT2D eigenvalue weighted by molar-refractivity contribution is -0.138. The van der Waals surface area contributed by atoms with Crippen LogP contribution >= 0.6 is 38.5 Å². The molecule has 7 aromatic rings. The summed E-state index contributed by atoms with van der Waals surface area (Å²) in [6, 6.07) is 19.5. The lowest BCUT2D eigenvalue weighted by atomic mass is 10.0. The molecular formula is C78H70BrIN14O12. The Hall–Kier alpha value is -11.6. The van der Waals surface area contributed by atoms with Crippen molar-refractivity contribution in [3.63, 3.8) is 0 Å². The van der Waals surface area contributed by atoms with E-state index in [-0.39, 0.29) is 78.8 Å². The highest BCUT2D eigenvalue weighted by molar-refractivity contribution is 14.1. The Morgan fingerprint density at radius 1 is 0.443 bits per heavy atom. The molecule has 0 saturated carbocycles. The minimum absolute atomic E-state index is 0.147. The fourth-order valence-electron chi connectivity index (χ4n) is 13.6. The van der Waals surface area contributed by atoms with Crippen molar-refractivity contribution in [2.45, 2.75) is 160 Å².